The van der Waals surface area contributed by atoms with E-state index < -0.39 is 0 Å². The number of aryl methyl sites for hydroxylation is 1. The maximum atomic E-state index is 13.0. The van der Waals surface area contributed by atoms with Crippen LogP contribution in [-0.4, -0.2) is 58.0 Å². The van der Waals surface area contributed by atoms with Gasteiger partial charge in [-0.05, 0) is 24.5 Å². The zero-order valence-corrected chi connectivity index (χ0v) is 16.7. The van der Waals surface area contributed by atoms with Crippen LogP contribution < -0.4 is 5.56 Å². The second-order valence-corrected chi connectivity index (χ2v) is 7.46. The van der Waals surface area contributed by atoms with Crippen LogP contribution in [0.4, 0.5) is 0 Å². The third kappa shape index (κ3) is 4.25. The topological polar surface area (TPSA) is 86.4 Å². The van der Waals surface area contributed by atoms with Gasteiger partial charge in [0.15, 0.2) is 5.69 Å². The zero-order valence-electron chi connectivity index (χ0n) is 16.7. The molecule has 1 saturated heterocycles. The largest absolute Gasteiger partial charge is 0.339 e. The Labute approximate surface area is 174 Å². The molecule has 2 aromatic carbocycles. The van der Waals surface area contributed by atoms with Gasteiger partial charge >= 0.3 is 0 Å². The normalized spacial score (nSPS) is 14.1. The van der Waals surface area contributed by atoms with Crippen LogP contribution in [0.5, 0.6) is 0 Å². The van der Waals surface area contributed by atoms with E-state index in [1.807, 2.05) is 23.1 Å². The highest BCUT2D eigenvalue weighted by Crippen LogP contribution is 2.16. The lowest BCUT2D eigenvalue weighted by molar-refractivity contribution is -0.132. The highest BCUT2D eigenvalue weighted by molar-refractivity contribution is 6.04. The molecule has 3 aromatic rings. The number of rotatable bonds is 5. The number of aromatic amines is 1. The third-order valence-corrected chi connectivity index (χ3v) is 5.52. The van der Waals surface area contributed by atoms with Crippen LogP contribution in [0.1, 0.15) is 28.9 Å². The number of hydrogen-bond acceptors (Lipinski definition) is 4. The summed E-state index contributed by atoms with van der Waals surface area (Å²) in [7, 11) is 0. The number of aromatic nitrogens is 2. The van der Waals surface area contributed by atoms with E-state index in [2.05, 4.69) is 22.3 Å². The van der Waals surface area contributed by atoms with E-state index in [0.29, 0.717) is 43.4 Å². The molecule has 1 aliphatic heterocycles. The minimum absolute atomic E-state index is 0.130. The first-order valence-electron chi connectivity index (χ1n) is 10.2. The number of nitrogens with zero attached hydrogens (tertiary/aromatic N) is 3. The van der Waals surface area contributed by atoms with Crippen molar-refractivity contribution in [2.75, 3.05) is 26.2 Å². The van der Waals surface area contributed by atoms with Crippen LogP contribution in [0.25, 0.3) is 10.8 Å². The Kier molecular flexibility index (Phi) is 5.88. The van der Waals surface area contributed by atoms with E-state index in [1.165, 1.54) is 5.56 Å². The van der Waals surface area contributed by atoms with E-state index in [1.54, 1.807) is 29.2 Å². The molecule has 30 heavy (non-hydrogen) atoms. The van der Waals surface area contributed by atoms with Gasteiger partial charge in [-0.3, -0.25) is 14.4 Å². The third-order valence-electron chi connectivity index (χ3n) is 5.52. The van der Waals surface area contributed by atoms with Crippen LogP contribution in [0.2, 0.25) is 0 Å². The molecular weight excluding hydrogens is 380 g/mol. The molecule has 0 spiro atoms. The number of fused-ring (bicyclic) bond motifs is 1. The molecule has 0 saturated carbocycles. The van der Waals surface area contributed by atoms with Gasteiger partial charge in [-0.2, -0.15) is 5.10 Å². The molecule has 0 aliphatic carbocycles. The zero-order chi connectivity index (χ0) is 20.9. The van der Waals surface area contributed by atoms with Crippen molar-refractivity contribution >= 4 is 22.6 Å². The molecule has 2 heterocycles. The van der Waals surface area contributed by atoms with E-state index in [-0.39, 0.29) is 23.1 Å². The number of H-pyrrole nitrogens is 1. The van der Waals surface area contributed by atoms with Gasteiger partial charge in [0.1, 0.15) is 0 Å². The average molecular weight is 404 g/mol. The maximum absolute atomic E-state index is 13.0. The first kappa shape index (κ1) is 19.8. The van der Waals surface area contributed by atoms with Crippen molar-refractivity contribution in [3.8, 4) is 0 Å². The summed E-state index contributed by atoms with van der Waals surface area (Å²) < 4.78 is 0. The minimum Gasteiger partial charge on any atom is -0.339 e. The molecule has 0 unspecified atom stereocenters. The molecule has 0 bridgehead atoms. The molecule has 2 amide bonds. The summed E-state index contributed by atoms with van der Waals surface area (Å²) in [6, 6.07) is 17.1. The molecule has 0 atom stereocenters. The van der Waals surface area contributed by atoms with E-state index in [0.717, 1.165) is 12.8 Å². The van der Waals surface area contributed by atoms with Crippen molar-refractivity contribution in [3.63, 3.8) is 0 Å². The monoisotopic (exact) mass is 404 g/mol. The number of hydrogen-bond donors (Lipinski definition) is 1. The van der Waals surface area contributed by atoms with Crippen LogP contribution in [0, 0.1) is 0 Å². The van der Waals surface area contributed by atoms with Gasteiger partial charge in [-0.25, -0.2) is 5.10 Å². The molecule has 1 N–H and O–H groups in total. The minimum atomic E-state index is -0.312. The second kappa shape index (κ2) is 8.90. The Hall–Kier alpha value is -3.48. The molecule has 7 heteroatoms. The molecular formula is C23H24N4O3. The Bertz CT molecular complexity index is 1100. The van der Waals surface area contributed by atoms with Crippen molar-refractivity contribution in [1.82, 2.24) is 20.0 Å². The maximum Gasteiger partial charge on any atom is 0.275 e. The highest BCUT2D eigenvalue weighted by atomic mass is 16.2. The SMILES string of the molecule is O=C(CCCc1ccccc1)N1CCN(C(=O)c2n[nH]c(=O)c3ccccc23)CC1. The first-order chi connectivity index (χ1) is 14.6. The van der Waals surface area contributed by atoms with Crippen molar-refractivity contribution in [3.05, 3.63) is 76.2 Å². The Morgan fingerprint density at radius 1 is 0.867 bits per heavy atom. The summed E-state index contributed by atoms with van der Waals surface area (Å²) in [4.78, 5) is 40.9. The van der Waals surface area contributed by atoms with Gasteiger partial charge in [0.25, 0.3) is 11.5 Å². The second-order valence-electron chi connectivity index (χ2n) is 7.46. The van der Waals surface area contributed by atoms with E-state index >= 15 is 0 Å². The Balaban J connectivity index is 1.33. The van der Waals surface area contributed by atoms with Gasteiger partial charge < -0.3 is 9.80 Å². The Morgan fingerprint density at radius 3 is 2.23 bits per heavy atom. The molecule has 1 fully saturated rings. The predicted molar refractivity (Wildman–Crippen MR) is 114 cm³/mol. The van der Waals surface area contributed by atoms with Crippen molar-refractivity contribution < 1.29 is 9.59 Å². The average Bonchev–Trinajstić information content (AvgIpc) is 2.80. The van der Waals surface area contributed by atoms with Crippen LogP contribution >= 0.6 is 0 Å². The predicted octanol–water partition coefficient (Wildman–Crippen LogP) is 2.23. The molecule has 154 valence electrons. The summed E-state index contributed by atoms with van der Waals surface area (Å²) in [6.07, 6.45) is 2.21. The molecule has 7 nitrogen and oxygen atoms in total. The molecule has 0 radical (unpaired) electrons. The lowest BCUT2D eigenvalue weighted by atomic mass is 10.1. The van der Waals surface area contributed by atoms with Gasteiger partial charge in [0.05, 0.1) is 5.39 Å². The Morgan fingerprint density at radius 2 is 1.50 bits per heavy atom. The first-order valence-corrected chi connectivity index (χ1v) is 10.2. The summed E-state index contributed by atoms with van der Waals surface area (Å²) in [6.45, 7) is 1.94. The lowest BCUT2D eigenvalue weighted by Crippen LogP contribution is -2.50. The number of nitrogens with one attached hydrogen (secondary N) is 1. The van der Waals surface area contributed by atoms with Gasteiger partial charge in [-0.1, -0.05) is 48.5 Å². The summed E-state index contributed by atoms with van der Waals surface area (Å²) >= 11 is 0. The molecule has 1 aromatic heterocycles. The molecule has 1 aliphatic rings. The summed E-state index contributed by atoms with van der Waals surface area (Å²) in [5, 5.41) is 7.40. The number of carbonyl (C=O) groups is 2. The number of benzene rings is 2. The smallest absolute Gasteiger partial charge is 0.275 e. The number of carbonyl (C=O) groups excluding carboxylic acids is 2. The fourth-order valence-electron chi connectivity index (χ4n) is 3.83. The van der Waals surface area contributed by atoms with E-state index in [9.17, 15) is 14.4 Å². The number of piperazine rings is 1. The summed E-state index contributed by atoms with van der Waals surface area (Å²) in [5.74, 6) is -0.0933. The standard InChI is InChI=1S/C23H24N4O3/c28-20(12-6-9-17-7-2-1-3-8-17)26-13-15-27(16-14-26)23(30)21-18-10-4-5-11-19(18)22(29)25-24-21/h1-5,7-8,10-11H,6,9,12-16H2,(H,25,29). The van der Waals surface area contributed by atoms with Crippen LogP contribution in [0.3, 0.4) is 0 Å². The van der Waals surface area contributed by atoms with Crippen molar-refractivity contribution in [2.24, 2.45) is 0 Å². The summed E-state index contributed by atoms with van der Waals surface area (Å²) in [5.41, 5.74) is 1.17. The molecule has 4 rings (SSSR count). The van der Waals surface area contributed by atoms with Crippen LogP contribution in [0.15, 0.2) is 59.4 Å². The van der Waals surface area contributed by atoms with Crippen LogP contribution in [-0.2, 0) is 11.2 Å². The fourth-order valence-corrected chi connectivity index (χ4v) is 3.83. The number of amides is 2. The van der Waals surface area contributed by atoms with Crippen molar-refractivity contribution in [1.29, 1.82) is 0 Å². The highest BCUT2D eigenvalue weighted by Gasteiger charge is 2.26. The fraction of sp³-hybridized carbons (Fsp3) is 0.304. The van der Waals surface area contributed by atoms with Gasteiger partial charge in [0, 0.05) is 38.0 Å². The van der Waals surface area contributed by atoms with Gasteiger partial charge in [-0.15, -0.1) is 0 Å². The van der Waals surface area contributed by atoms with Crippen molar-refractivity contribution in [2.45, 2.75) is 19.3 Å². The quantitative estimate of drug-likeness (QED) is 0.707. The van der Waals surface area contributed by atoms with E-state index in [4.69, 9.17) is 0 Å². The lowest BCUT2D eigenvalue weighted by Gasteiger charge is -2.34. The van der Waals surface area contributed by atoms with Gasteiger partial charge in [0.2, 0.25) is 5.91 Å².